The average Bonchev–Trinajstić information content (AvgIpc) is 2.16. The third kappa shape index (κ3) is 12.3. The molecule has 0 aliphatic rings. The van der Waals surface area contributed by atoms with E-state index in [9.17, 15) is 0 Å². The first kappa shape index (κ1) is 25.0. The van der Waals surface area contributed by atoms with E-state index in [-0.39, 0.29) is 0 Å². The van der Waals surface area contributed by atoms with Crippen LogP contribution in [-0.4, -0.2) is 41.8 Å². The fourth-order valence-corrected chi connectivity index (χ4v) is 33.2. The molecule has 0 aromatic carbocycles. The van der Waals surface area contributed by atoms with E-state index < -0.39 is 41.8 Å². The standard InChI is InChI=1S/C16H44O3Si5/c1-13-14-15-21(5,6)17-23(9,10)19-24(11,12)18-22(7,8)16-20(2,3)4/h13-16H2,1-12H3. The first-order chi connectivity index (χ1) is 10.4. The summed E-state index contributed by atoms with van der Waals surface area (Å²) in [6, 6.07) is 1.22. The maximum Gasteiger partial charge on any atom is 0.312 e. The van der Waals surface area contributed by atoms with Crippen molar-refractivity contribution in [3.63, 3.8) is 0 Å². The van der Waals surface area contributed by atoms with Crippen LogP contribution in [0.25, 0.3) is 0 Å². The van der Waals surface area contributed by atoms with Gasteiger partial charge in [0.15, 0.2) is 16.6 Å². The van der Waals surface area contributed by atoms with Crippen molar-refractivity contribution in [3.8, 4) is 0 Å². The maximum absolute atomic E-state index is 6.69. The summed E-state index contributed by atoms with van der Waals surface area (Å²) in [5.41, 5.74) is 1.29. The van der Waals surface area contributed by atoms with Crippen LogP contribution in [0.2, 0.25) is 83.7 Å². The Morgan fingerprint density at radius 2 is 1.00 bits per heavy atom. The number of hydrogen-bond acceptors (Lipinski definition) is 3. The molecule has 0 spiro atoms. The summed E-state index contributed by atoms with van der Waals surface area (Å²) in [4.78, 5) is 0. The zero-order valence-corrected chi connectivity index (χ0v) is 23.6. The van der Waals surface area contributed by atoms with E-state index >= 15 is 0 Å². The fraction of sp³-hybridized carbons (Fsp3) is 1.00. The predicted octanol–water partition coefficient (Wildman–Crippen LogP) is 6.53. The Bertz CT molecular complexity index is 390. The maximum atomic E-state index is 6.69. The molecule has 0 rings (SSSR count). The Balaban J connectivity index is 4.87. The summed E-state index contributed by atoms with van der Waals surface area (Å²) in [6.07, 6.45) is 2.50. The van der Waals surface area contributed by atoms with Gasteiger partial charge in [0, 0.05) is 8.07 Å². The molecule has 0 aliphatic heterocycles. The monoisotopic (exact) mass is 424 g/mol. The molecule has 8 heteroatoms. The average molecular weight is 425 g/mol. The molecule has 0 fully saturated rings. The highest BCUT2D eigenvalue weighted by Gasteiger charge is 2.44. The lowest BCUT2D eigenvalue weighted by Gasteiger charge is -2.42. The number of unbranched alkanes of at least 4 members (excludes halogenated alkanes) is 1. The van der Waals surface area contributed by atoms with Crippen LogP contribution in [0.4, 0.5) is 0 Å². The van der Waals surface area contributed by atoms with Crippen LogP contribution in [0.1, 0.15) is 19.8 Å². The van der Waals surface area contributed by atoms with Gasteiger partial charge in [-0.15, -0.1) is 0 Å². The Kier molecular flexibility index (Phi) is 9.12. The molecule has 0 saturated heterocycles. The third-order valence-electron chi connectivity index (χ3n) is 3.62. The highest BCUT2D eigenvalue weighted by atomic mass is 28.5. The molecule has 146 valence electrons. The minimum Gasteiger partial charge on any atom is -0.437 e. The molecule has 0 saturated carbocycles. The molecular formula is C16H44O3Si5. The lowest BCUT2D eigenvalue weighted by Crippen LogP contribution is -2.57. The van der Waals surface area contributed by atoms with E-state index in [1.807, 2.05) is 0 Å². The molecule has 0 N–H and O–H groups in total. The summed E-state index contributed by atoms with van der Waals surface area (Å²) >= 11 is 0. The van der Waals surface area contributed by atoms with E-state index in [2.05, 4.69) is 78.9 Å². The molecular weight excluding hydrogens is 381 g/mol. The lowest BCUT2D eigenvalue weighted by atomic mass is 10.4. The highest BCUT2D eigenvalue weighted by Crippen LogP contribution is 2.29. The van der Waals surface area contributed by atoms with Gasteiger partial charge in [-0.1, -0.05) is 39.4 Å². The smallest absolute Gasteiger partial charge is 0.312 e. The Hall–Kier alpha value is 0.964. The van der Waals surface area contributed by atoms with Gasteiger partial charge in [0.25, 0.3) is 0 Å². The molecule has 0 radical (unpaired) electrons. The van der Waals surface area contributed by atoms with Gasteiger partial charge in [-0.25, -0.2) is 0 Å². The van der Waals surface area contributed by atoms with Crippen molar-refractivity contribution >= 4 is 41.8 Å². The Morgan fingerprint density at radius 1 is 0.583 bits per heavy atom. The second-order valence-electron chi connectivity index (χ2n) is 10.5. The summed E-state index contributed by atoms with van der Waals surface area (Å²) < 4.78 is 19.9. The third-order valence-corrected chi connectivity index (χ3v) is 25.1. The van der Waals surface area contributed by atoms with Gasteiger partial charge in [-0.3, -0.25) is 0 Å². The van der Waals surface area contributed by atoms with E-state index in [1.165, 1.54) is 24.6 Å². The molecule has 0 unspecified atom stereocenters. The summed E-state index contributed by atoms with van der Waals surface area (Å²) in [7, 11) is -8.74. The molecule has 0 aromatic heterocycles. The zero-order chi connectivity index (χ0) is 19.4. The van der Waals surface area contributed by atoms with E-state index in [0.717, 1.165) is 0 Å². The van der Waals surface area contributed by atoms with Gasteiger partial charge in [0.2, 0.25) is 0 Å². The summed E-state index contributed by atoms with van der Waals surface area (Å²) in [5, 5.41) is 0. The van der Waals surface area contributed by atoms with Gasteiger partial charge in [0.05, 0.1) is 0 Å². The zero-order valence-electron chi connectivity index (χ0n) is 18.6. The molecule has 0 amide bonds. The minimum atomic E-state index is -2.16. The van der Waals surface area contributed by atoms with Crippen LogP contribution in [-0.2, 0) is 12.3 Å². The fourth-order valence-electron chi connectivity index (χ4n) is 3.93. The molecule has 0 aliphatic carbocycles. The van der Waals surface area contributed by atoms with Crippen LogP contribution >= 0.6 is 0 Å². The van der Waals surface area contributed by atoms with Crippen molar-refractivity contribution < 1.29 is 12.3 Å². The molecule has 24 heavy (non-hydrogen) atoms. The molecule has 3 nitrogen and oxygen atoms in total. The summed E-state index contributed by atoms with van der Waals surface area (Å²) in [6.45, 7) is 27.8. The van der Waals surface area contributed by atoms with Crippen molar-refractivity contribution in [2.24, 2.45) is 0 Å². The first-order valence-electron chi connectivity index (χ1n) is 9.49. The van der Waals surface area contributed by atoms with Crippen molar-refractivity contribution in [3.05, 3.63) is 0 Å². The quantitative estimate of drug-likeness (QED) is 0.353. The van der Waals surface area contributed by atoms with Crippen LogP contribution < -0.4 is 0 Å². The van der Waals surface area contributed by atoms with Gasteiger partial charge in [-0.2, -0.15) is 0 Å². The van der Waals surface area contributed by atoms with Crippen molar-refractivity contribution in [1.82, 2.24) is 0 Å². The molecule has 0 heterocycles. The van der Waals surface area contributed by atoms with Crippen LogP contribution in [0.5, 0.6) is 0 Å². The normalized spacial score (nSPS) is 15.0. The molecule has 0 bridgehead atoms. The van der Waals surface area contributed by atoms with Crippen LogP contribution in [0.3, 0.4) is 0 Å². The highest BCUT2D eigenvalue weighted by molar-refractivity contribution is 6.96. The molecule has 0 atom stereocenters. The van der Waals surface area contributed by atoms with Gasteiger partial charge in [-0.05, 0) is 64.1 Å². The van der Waals surface area contributed by atoms with Crippen molar-refractivity contribution in [2.75, 3.05) is 0 Å². The topological polar surface area (TPSA) is 27.7 Å². The predicted molar refractivity (Wildman–Crippen MR) is 121 cm³/mol. The van der Waals surface area contributed by atoms with Crippen molar-refractivity contribution in [1.29, 1.82) is 0 Å². The van der Waals surface area contributed by atoms with Gasteiger partial charge in [0.1, 0.15) is 0 Å². The van der Waals surface area contributed by atoms with Gasteiger partial charge >= 0.3 is 17.1 Å². The van der Waals surface area contributed by atoms with Gasteiger partial charge < -0.3 is 12.3 Å². The lowest BCUT2D eigenvalue weighted by molar-refractivity contribution is 0.329. The van der Waals surface area contributed by atoms with Crippen LogP contribution in [0, 0.1) is 0 Å². The minimum absolute atomic E-state index is 1.11. The molecule has 0 aromatic rings. The largest absolute Gasteiger partial charge is 0.437 e. The Morgan fingerprint density at radius 3 is 1.38 bits per heavy atom. The van der Waals surface area contributed by atoms with E-state index in [0.29, 0.717) is 0 Å². The van der Waals surface area contributed by atoms with Crippen molar-refractivity contribution in [2.45, 2.75) is 103 Å². The van der Waals surface area contributed by atoms with E-state index in [4.69, 9.17) is 12.3 Å². The summed E-state index contributed by atoms with van der Waals surface area (Å²) in [5.74, 6) is 0. The number of rotatable bonds is 11. The Labute approximate surface area is 157 Å². The van der Waals surface area contributed by atoms with E-state index in [1.54, 1.807) is 0 Å². The first-order valence-corrected chi connectivity index (χ1v) is 25.1. The van der Waals surface area contributed by atoms with Crippen LogP contribution in [0.15, 0.2) is 0 Å². The second-order valence-corrected chi connectivity index (χ2v) is 32.6. The SMILES string of the molecule is CCCC[Si](C)(C)O[Si](C)(C)O[Si](C)(C)O[Si](C)(C)C[Si](C)(C)C. The number of hydrogen-bond donors (Lipinski definition) is 0. The second kappa shape index (κ2) is 8.77.